The second-order valence-corrected chi connectivity index (χ2v) is 5.83. The Morgan fingerprint density at radius 3 is 2.60 bits per heavy atom. The van der Waals surface area contributed by atoms with Crippen LogP contribution >= 0.6 is 11.3 Å². The van der Waals surface area contributed by atoms with Crippen molar-refractivity contribution >= 4 is 39.0 Å². The molecule has 0 amide bonds. The molecule has 130 valence electrons. The molecule has 9 heteroatoms. The van der Waals surface area contributed by atoms with Gasteiger partial charge in [-0.1, -0.05) is 0 Å². The van der Waals surface area contributed by atoms with Crippen molar-refractivity contribution in [3.63, 3.8) is 0 Å². The fraction of sp³-hybridized carbons (Fsp3) is 0.188. The number of carbonyl (C=O) groups is 1. The number of aromatic nitrogens is 2. The number of anilines is 2. The number of nitrogens with zero attached hydrogens (tertiary/aromatic N) is 2. The van der Waals surface area contributed by atoms with Crippen LogP contribution in [0.3, 0.4) is 0 Å². The molecule has 0 spiro atoms. The van der Waals surface area contributed by atoms with Gasteiger partial charge in [0.15, 0.2) is 0 Å². The number of fused-ring (bicyclic) bond motifs is 1. The number of alkyl halides is 3. The van der Waals surface area contributed by atoms with Crippen LogP contribution in [0.4, 0.5) is 24.7 Å². The van der Waals surface area contributed by atoms with Gasteiger partial charge in [-0.2, -0.15) is 13.2 Å². The van der Waals surface area contributed by atoms with E-state index in [0.717, 1.165) is 12.1 Å². The standard InChI is InChI=1S/C16H12F3N3O2S/c1-2-24-15(23)11-7-25-14-12(11)13(20-8-21-14)22-10-5-3-9(4-6-10)16(17,18)19/h3-8H,2H2,1H3,(H,20,21,22). The number of hydrogen-bond acceptors (Lipinski definition) is 6. The van der Waals surface area contributed by atoms with Gasteiger partial charge in [-0.25, -0.2) is 14.8 Å². The second kappa shape index (κ2) is 6.67. The molecule has 1 N–H and O–H groups in total. The predicted octanol–water partition coefficient (Wildman–Crippen LogP) is 4.63. The molecule has 3 aromatic rings. The third kappa shape index (κ3) is 3.55. The van der Waals surface area contributed by atoms with Crippen LogP contribution in [0, 0.1) is 0 Å². The van der Waals surface area contributed by atoms with Crippen molar-refractivity contribution in [2.24, 2.45) is 0 Å². The Labute approximate surface area is 144 Å². The minimum absolute atomic E-state index is 0.228. The molecule has 2 aromatic heterocycles. The molecule has 0 saturated carbocycles. The minimum atomic E-state index is -4.40. The number of benzene rings is 1. The van der Waals surface area contributed by atoms with E-state index in [4.69, 9.17) is 4.74 Å². The maximum Gasteiger partial charge on any atom is 0.416 e. The lowest BCUT2D eigenvalue weighted by Gasteiger charge is -2.10. The van der Waals surface area contributed by atoms with Crippen molar-refractivity contribution in [1.82, 2.24) is 9.97 Å². The molecule has 3 rings (SSSR count). The van der Waals surface area contributed by atoms with E-state index in [9.17, 15) is 18.0 Å². The molecule has 5 nitrogen and oxygen atoms in total. The van der Waals surface area contributed by atoms with E-state index in [1.54, 1.807) is 12.3 Å². The summed E-state index contributed by atoms with van der Waals surface area (Å²) in [5.74, 6) is -0.173. The van der Waals surface area contributed by atoms with E-state index in [2.05, 4.69) is 15.3 Å². The van der Waals surface area contributed by atoms with E-state index < -0.39 is 17.7 Å². The van der Waals surface area contributed by atoms with Crippen molar-refractivity contribution in [3.05, 3.63) is 47.1 Å². The summed E-state index contributed by atoms with van der Waals surface area (Å²) in [6.07, 6.45) is -3.08. The number of thiophene rings is 1. The number of hydrogen-bond donors (Lipinski definition) is 1. The first-order chi connectivity index (χ1) is 11.9. The number of esters is 1. The smallest absolute Gasteiger partial charge is 0.416 e. The molecule has 0 bridgehead atoms. The molecular formula is C16H12F3N3O2S. The van der Waals surface area contributed by atoms with Crippen LogP contribution in [-0.4, -0.2) is 22.5 Å². The zero-order valence-electron chi connectivity index (χ0n) is 12.9. The SMILES string of the molecule is CCOC(=O)c1csc2ncnc(Nc3ccc(C(F)(F)F)cc3)c12. The first-order valence-corrected chi connectivity index (χ1v) is 8.11. The number of ether oxygens (including phenoxy) is 1. The zero-order chi connectivity index (χ0) is 18.0. The monoisotopic (exact) mass is 367 g/mol. The molecule has 0 aliphatic heterocycles. The summed E-state index contributed by atoms with van der Waals surface area (Å²) in [6, 6.07) is 4.54. The third-order valence-corrected chi connectivity index (χ3v) is 4.23. The molecule has 0 aliphatic carbocycles. The molecule has 0 aliphatic rings. The average molecular weight is 367 g/mol. The van der Waals surface area contributed by atoms with Gasteiger partial charge >= 0.3 is 12.1 Å². The van der Waals surface area contributed by atoms with Crippen LogP contribution in [-0.2, 0) is 10.9 Å². The van der Waals surface area contributed by atoms with Crippen molar-refractivity contribution < 1.29 is 22.7 Å². The highest BCUT2D eigenvalue weighted by Crippen LogP contribution is 2.33. The van der Waals surface area contributed by atoms with Crippen LogP contribution in [0.15, 0.2) is 36.0 Å². The van der Waals surface area contributed by atoms with Gasteiger partial charge in [0, 0.05) is 11.1 Å². The summed E-state index contributed by atoms with van der Waals surface area (Å²) in [5, 5.41) is 5.03. The van der Waals surface area contributed by atoms with Gasteiger partial charge in [0.1, 0.15) is 17.0 Å². The first kappa shape index (κ1) is 17.2. The second-order valence-electron chi connectivity index (χ2n) is 4.97. The van der Waals surface area contributed by atoms with Gasteiger partial charge < -0.3 is 10.1 Å². The summed E-state index contributed by atoms with van der Waals surface area (Å²) in [7, 11) is 0. The fourth-order valence-electron chi connectivity index (χ4n) is 2.21. The predicted molar refractivity (Wildman–Crippen MR) is 88.1 cm³/mol. The van der Waals surface area contributed by atoms with Crippen molar-refractivity contribution in [2.45, 2.75) is 13.1 Å². The lowest BCUT2D eigenvalue weighted by molar-refractivity contribution is -0.137. The first-order valence-electron chi connectivity index (χ1n) is 7.23. The number of carbonyl (C=O) groups excluding carboxylic acids is 1. The van der Waals surface area contributed by atoms with Gasteiger partial charge in [-0.15, -0.1) is 11.3 Å². The Morgan fingerprint density at radius 1 is 1.24 bits per heavy atom. The van der Waals surface area contributed by atoms with Gasteiger partial charge in [0.25, 0.3) is 0 Å². The van der Waals surface area contributed by atoms with E-state index >= 15 is 0 Å². The van der Waals surface area contributed by atoms with Crippen LogP contribution in [0.5, 0.6) is 0 Å². The molecule has 1 aromatic carbocycles. The van der Waals surface area contributed by atoms with E-state index in [1.807, 2.05) is 0 Å². The van der Waals surface area contributed by atoms with Gasteiger partial charge in [-0.05, 0) is 31.2 Å². The molecule has 0 radical (unpaired) electrons. The number of rotatable bonds is 4. The summed E-state index contributed by atoms with van der Waals surface area (Å²) in [4.78, 5) is 20.8. The molecule has 0 atom stereocenters. The van der Waals surface area contributed by atoms with E-state index in [0.29, 0.717) is 27.3 Å². The largest absolute Gasteiger partial charge is 0.462 e. The molecule has 2 heterocycles. The topological polar surface area (TPSA) is 64.1 Å². The lowest BCUT2D eigenvalue weighted by Crippen LogP contribution is -2.06. The van der Waals surface area contributed by atoms with Crippen LogP contribution < -0.4 is 5.32 Å². The minimum Gasteiger partial charge on any atom is -0.462 e. The Kier molecular flexibility index (Phi) is 4.58. The summed E-state index contributed by atoms with van der Waals surface area (Å²) < 4.78 is 42.9. The highest BCUT2D eigenvalue weighted by molar-refractivity contribution is 7.17. The summed E-state index contributed by atoms with van der Waals surface area (Å²) in [5.41, 5.74) is -0.0144. The molecule has 0 fully saturated rings. The van der Waals surface area contributed by atoms with E-state index in [-0.39, 0.29) is 6.61 Å². The summed E-state index contributed by atoms with van der Waals surface area (Å²) >= 11 is 1.26. The van der Waals surface area contributed by atoms with Gasteiger partial charge in [0.2, 0.25) is 0 Å². The molecule has 0 unspecified atom stereocenters. The highest BCUT2D eigenvalue weighted by Gasteiger charge is 2.30. The highest BCUT2D eigenvalue weighted by atomic mass is 32.1. The van der Waals surface area contributed by atoms with Crippen LogP contribution in [0.25, 0.3) is 10.2 Å². The lowest BCUT2D eigenvalue weighted by atomic mass is 10.2. The zero-order valence-corrected chi connectivity index (χ0v) is 13.7. The quantitative estimate of drug-likeness (QED) is 0.681. The third-order valence-electron chi connectivity index (χ3n) is 3.34. The normalized spacial score (nSPS) is 11.5. The summed E-state index contributed by atoms with van der Waals surface area (Å²) in [6.45, 7) is 1.93. The Bertz CT molecular complexity index is 907. The maximum absolute atomic E-state index is 12.6. The Balaban J connectivity index is 1.96. The van der Waals surface area contributed by atoms with Crippen molar-refractivity contribution in [1.29, 1.82) is 0 Å². The van der Waals surface area contributed by atoms with Gasteiger partial charge in [0.05, 0.1) is 23.1 Å². The Hall–Kier alpha value is -2.68. The maximum atomic E-state index is 12.6. The number of nitrogens with one attached hydrogen (secondary N) is 1. The average Bonchev–Trinajstić information content (AvgIpc) is 3.00. The molecular weight excluding hydrogens is 355 g/mol. The fourth-order valence-corrected chi connectivity index (χ4v) is 3.08. The van der Waals surface area contributed by atoms with Crippen LogP contribution in [0.1, 0.15) is 22.8 Å². The van der Waals surface area contributed by atoms with E-state index in [1.165, 1.54) is 29.8 Å². The van der Waals surface area contributed by atoms with Gasteiger partial charge in [-0.3, -0.25) is 0 Å². The number of halogens is 3. The molecule has 25 heavy (non-hydrogen) atoms. The molecule has 0 saturated heterocycles. The van der Waals surface area contributed by atoms with Crippen molar-refractivity contribution in [2.75, 3.05) is 11.9 Å². The Morgan fingerprint density at radius 2 is 1.96 bits per heavy atom. The van der Waals surface area contributed by atoms with Crippen molar-refractivity contribution in [3.8, 4) is 0 Å². The van der Waals surface area contributed by atoms with Crippen LogP contribution in [0.2, 0.25) is 0 Å².